The third kappa shape index (κ3) is 14.9. The van der Waals surface area contributed by atoms with Crippen LogP contribution in [-0.2, 0) is 34.3 Å². The molecule has 5 aromatic rings. The number of benzene rings is 3. The fourth-order valence-corrected chi connectivity index (χ4v) is 6.60. The van der Waals surface area contributed by atoms with Gasteiger partial charge in [-0.15, -0.1) is 20.5 Å². The standard InChI is InChI=1S/C29H25F3N14O10S3.CH4.3Na/c30-21-12-22(38-26(31)37-21)35-13-2-4-19(58(48,49)50)16(10-13)43-44-17-11-20(59(51,52)53)24(34)25(23(17)33)45-42-15-9-14(1-3-18(15)57-56-55-47)36-28-39-27(32)40-29(41-28)46-5-7-54-8-6-46;;;;/h1-4,9-12,47H,5-8,33-34H2,(H,35,37,38)(H,48,49,50)(H,51,52,53)(H,36,39,40,41);1H4;;;/q;;3*+1/p-3. The van der Waals surface area contributed by atoms with Gasteiger partial charge in [-0.25, -0.2) is 16.8 Å². The molecule has 0 saturated carbocycles. The van der Waals surface area contributed by atoms with Gasteiger partial charge in [-0.2, -0.15) is 42.4 Å². The van der Waals surface area contributed by atoms with E-state index in [-0.39, 0.29) is 130 Å². The number of hydrogen-bond acceptors (Lipinski definition) is 25. The number of rotatable bonds is 14. The molecule has 2 aromatic heterocycles. The largest absolute Gasteiger partial charge is 1.00 e. The Kier molecular flexibility index (Phi) is 21.6. The van der Waals surface area contributed by atoms with E-state index in [1.165, 1.54) is 18.2 Å². The first-order valence-electron chi connectivity index (χ1n) is 15.9. The Balaban J connectivity index is 0.00000341. The number of aromatic nitrogens is 5. The average molecular weight is 965 g/mol. The molecule has 1 fully saturated rings. The van der Waals surface area contributed by atoms with Gasteiger partial charge in [-0.1, -0.05) is 7.43 Å². The fraction of sp³-hybridized carbons (Fsp3) is 0.167. The van der Waals surface area contributed by atoms with Crippen molar-refractivity contribution in [1.82, 2.24) is 24.9 Å². The third-order valence-electron chi connectivity index (χ3n) is 7.54. The number of nitrogen functional groups attached to an aromatic ring is 2. The summed E-state index contributed by atoms with van der Waals surface area (Å²) < 4.78 is 124. The van der Waals surface area contributed by atoms with Crippen molar-refractivity contribution < 1.29 is 147 Å². The first-order chi connectivity index (χ1) is 28.0. The zero-order valence-electron chi connectivity index (χ0n) is 32.0. The van der Waals surface area contributed by atoms with E-state index in [1.54, 1.807) is 4.90 Å². The van der Waals surface area contributed by atoms with Crippen LogP contribution in [0.4, 0.5) is 76.4 Å². The Morgan fingerprint density at radius 1 is 0.730 bits per heavy atom. The van der Waals surface area contributed by atoms with Gasteiger partial charge in [0.2, 0.25) is 17.8 Å². The van der Waals surface area contributed by atoms with Crippen molar-refractivity contribution in [3.63, 3.8) is 0 Å². The molecule has 318 valence electrons. The SMILES string of the molecule is C.Nc1c(N=Nc2cc(Nc3cc(F)nc(F)n3)ccc2S(=O)(=O)[O-])cc(S(=O)(=O)[O-])c(N)c1N=Nc1cc(Nc2nc(F)nc(N3CCOCC3)n2)ccc1SOO[O-].[Na+].[Na+].[Na+]. The molecule has 0 radical (unpaired) electrons. The summed E-state index contributed by atoms with van der Waals surface area (Å²) >= 11 is 0.350. The minimum Gasteiger partial charge on any atom is -0.744 e. The maximum Gasteiger partial charge on any atom is 1.00 e. The first-order valence-corrected chi connectivity index (χ1v) is 19.4. The van der Waals surface area contributed by atoms with Crippen LogP contribution in [-0.4, -0.2) is 77.2 Å². The minimum absolute atomic E-state index is 0. The molecular formula is C30H26F3N14Na3O10S3. The minimum atomic E-state index is -5.43. The molecule has 0 unspecified atom stereocenters. The molecular weight excluding hydrogens is 939 g/mol. The molecule has 24 nitrogen and oxygen atoms in total. The summed E-state index contributed by atoms with van der Waals surface area (Å²) in [6, 6.07) is 7.96. The molecule has 63 heavy (non-hydrogen) atoms. The number of nitrogens with zero attached hydrogens (tertiary/aromatic N) is 10. The number of hydrogen-bond donors (Lipinski definition) is 4. The van der Waals surface area contributed by atoms with Gasteiger partial charge < -0.3 is 46.1 Å². The monoisotopic (exact) mass is 964 g/mol. The van der Waals surface area contributed by atoms with E-state index in [0.717, 1.165) is 18.2 Å². The zero-order valence-corrected chi connectivity index (χ0v) is 40.5. The van der Waals surface area contributed by atoms with Gasteiger partial charge >= 0.3 is 101 Å². The van der Waals surface area contributed by atoms with E-state index in [2.05, 4.69) is 65.4 Å². The van der Waals surface area contributed by atoms with E-state index >= 15 is 0 Å². The van der Waals surface area contributed by atoms with Gasteiger partial charge in [0.25, 0.3) is 0 Å². The van der Waals surface area contributed by atoms with Crippen LogP contribution < -0.4 is 121 Å². The molecule has 3 heterocycles. The van der Waals surface area contributed by atoms with Crippen LogP contribution in [0.15, 0.2) is 83.7 Å². The maximum absolute atomic E-state index is 14.4. The number of nitrogens with two attached hydrogens (primary N) is 2. The van der Waals surface area contributed by atoms with E-state index in [9.17, 15) is 44.4 Å². The van der Waals surface area contributed by atoms with E-state index in [1.807, 2.05) is 0 Å². The van der Waals surface area contributed by atoms with E-state index in [4.69, 9.17) is 16.2 Å². The van der Waals surface area contributed by atoms with Crippen LogP contribution in [0.25, 0.3) is 0 Å². The number of ether oxygens (including phenoxy) is 1. The number of azo groups is 2. The zero-order chi connectivity index (χ0) is 42.5. The van der Waals surface area contributed by atoms with Crippen molar-refractivity contribution in [3.05, 3.63) is 66.6 Å². The quantitative estimate of drug-likeness (QED) is 0.00932. The molecule has 0 atom stereocenters. The summed E-state index contributed by atoms with van der Waals surface area (Å²) in [4.78, 5) is 17.4. The van der Waals surface area contributed by atoms with Crippen molar-refractivity contribution in [2.24, 2.45) is 20.5 Å². The van der Waals surface area contributed by atoms with Crippen LogP contribution in [0.5, 0.6) is 0 Å². The molecule has 0 aliphatic carbocycles. The predicted molar refractivity (Wildman–Crippen MR) is 199 cm³/mol. The molecule has 1 aliphatic rings. The number of halogens is 3. The van der Waals surface area contributed by atoms with E-state index in [0.29, 0.717) is 50.5 Å². The van der Waals surface area contributed by atoms with Crippen molar-refractivity contribution in [2.75, 3.05) is 53.3 Å². The Morgan fingerprint density at radius 2 is 1.33 bits per heavy atom. The number of nitrogens with one attached hydrogen (secondary N) is 2. The fourth-order valence-electron chi connectivity index (χ4n) is 4.98. The molecule has 3 aromatic carbocycles. The second-order valence-electron chi connectivity index (χ2n) is 11.4. The smallest absolute Gasteiger partial charge is 0.744 e. The Hall–Kier alpha value is -3.25. The first kappa shape index (κ1) is 55.9. The molecule has 0 bridgehead atoms. The molecule has 1 aliphatic heterocycles. The summed E-state index contributed by atoms with van der Waals surface area (Å²) in [6.07, 6.45) is -2.55. The second-order valence-corrected chi connectivity index (χ2v) is 14.8. The van der Waals surface area contributed by atoms with Crippen LogP contribution >= 0.6 is 12.0 Å². The van der Waals surface area contributed by atoms with Gasteiger partial charge in [0, 0.05) is 30.5 Å². The third-order valence-corrected chi connectivity index (χ3v) is 9.95. The molecule has 0 amide bonds. The van der Waals surface area contributed by atoms with Crippen LogP contribution in [0.3, 0.4) is 0 Å². The molecule has 33 heteroatoms. The van der Waals surface area contributed by atoms with Gasteiger partial charge in [0.15, 0.2) is 0 Å². The Bertz CT molecular complexity index is 2700. The van der Waals surface area contributed by atoms with Crippen molar-refractivity contribution in [3.8, 4) is 0 Å². The predicted octanol–water partition coefficient (Wildman–Crippen LogP) is -4.92. The van der Waals surface area contributed by atoms with Gasteiger partial charge in [0.05, 0.1) is 51.3 Å². The summed E-state index contributed by atoms with van der Waals surface area (Å²) in [6.45, 7) is 1.49. The summed E-state index contributed by atoms with van der Waals surface area (Å²) in [5.41, 5.74) is 8.61. The molecule has 6 rings (SSSR count). The maximum atomic E-state index is 14.4. The van der Waals surface area contributed by atoms with E-state index < -0.39 is 82.4 Å². The molecule has 0 spiro atoms. The second kappa shape index (κ2) is 24.3. The topological polar surface area (TPSA) is 358 Å². The van der Waals surface area contributed by atoms with Crippen LogP contribution in [0.2, 0.25) is 0 Å². The summed E-state index contributed by atoms with van der Waals surface area (Å²) in [5, 5.41) is 34.6. The Labute approximate surface area is 425 Å². The normalized spacial score (nSPS) is 12.8. The van der Waals surface area contributed by atoms with Gasteiger partial charge in [-0.05, 0) is 42.5 Å². The van der Waals surface area contributed by atoms with Crippen molar-refractivity contribution in [1.29, 1.82) is 0 Å². The van der Waals surface area contributed by atoms with Crippen LogP contribution in [0, 0.1) is 18.1 Å². The van der Waals surface area contributed by atoms with Crippen molar-refractivity contribution in [2.45, 2.75) is 22.1 Å². The molecule has 1 saturated heterocycles. The number of morpholine rings is 1. The number of anilines is 7. The van der Waals surface area contributed by atoms with Crippen molar-refractivity contribution >= 4 is 95.5 Å². The van der Waals surface area contributed by atoms with Crippen LogP contribution in [0.1, 0.15) is 7.43 Å². The Morgan fingerprint density at radius 3 is 1.98 bits per heavy atom. The summed E-state index contributed by atoms with van der Waals surface area (Å²) in [7, 11) is -10.7. The molecule has 6 N–H and O–H groups in total. The summed E-state index contributed by atoms with van der Waals surface area (Å²) in [5.74, 6) is -1.89. The average Bonchev–Trinajstić information content (AvgIpc) is 3.16. The van der Waals surface area contributed by atoms with Gasteiger partial charge in [0.1, 0.15) is 48.8 Å². The van der Waals surface area contributed by atoms with Gasteiger partial charge in [-0.3, -0.25) is 5.04 Å².